The number of halogens is 4. The lowest BCUT2D eigenvalue weighted by Crippen LogP contribution is -2.16. The van der Waals surface area contributed by atoms with Gasteiger partial charge >= 0.3 is 6.36 Å². The van der Waals surface area contributed by atoms with E-state index in [0.717, 1.165) is 0 Å². The first-order chi connectivity index (χ1) is 9.37. The van der Waals surface area contributed by atoms with Crippen LogP contribution in [0.25, 0.3) is 11.1 Å². The van der Waals surface area contributed by atoms with Crippen LogP contribution in [-0.2, 0) is 6.54 Å². The standard InChI is InChI=1S/C14H11F4NO/c15-12-6-9(8-19)5-11(7-12)10-1-3-13(4-2-10)20-14(16,17)18/h1-7H,8,19H2. The van der Waals surface area contributed by atoms with Gasteiger partial charge in [-0.15, -0.1) is 13.2 Å². The summed E-state index contributed by atoms with van der Waals surface area (Å²) in [6, 6.07) is 9.49. The summed E-state index contributed by atoms with van der Waals surface area (Å²) in [6.07, 6.45) is -4.73. The number of nitrogens with two attached hydrogens (primary N) is 1. The zero-order valence-corrected chi connectivity index (χ0v) is 10.2. The van der Waals surface area contributed by atoms with Gasteiger partial charge in [-0.2, -0.15) is 0 Å². The Hall–Kier alpha value is -2.08. The molecule has 0 aliphatic heterocycles. The van der Waals surface area contributed by atoms with E-state index < -0.39 is 12.2 Å². The summed E-state index contributed by atoms with van der Waals surface area (Å²) < 4.78 is 53.2. The summed E-state index contributed by atoms with van der Waals surface area (Å²) in [6.45, 7) is 0.181. The van der Waals surface area contributed by atoms with Crippen molar-refractivity contribution in [2.24, 2.45) is 5.73 Å². The molecule has 0 amide bonds. The molecule has 2 rings (SSSR count). The van der Waals surface area contributed by atoms with Gasteiger partial charge in [0.15, 0.2) is 0 Å². The number of hydrogen-bond acceptors (Lipinski definition) is 2. The van der Waals surface area contributed by atoms with E-state index in [1.807, 2.05) is 0 Å². The molecular formula is C14H11F4NO. The van der Waals surface area contributed by atoms with Crippen LogP contribution in [0, 0.1) is 5.82 Å². The fourth-order valence-corrected chi connectivity index (χ4v) is 1.78. The Morgan fingerprint density at radius 1 is 0.950 bits per heavy atom. The van der Waals surface area contributed by atoms with Crippen LogP contribution < -0.4 is 10.5 Å². The number of hydrogen-bond donors (Lipinski definition) is 1. The third kappa shape index (κ3) is 3.71. The molecule has 0 aliphatic rings. The quantitative estimate of drug-likeness (QED) is 0.869. The molecular weight excluding hydrogens is 274 g/mol. The van der Waals surface area contributed by atoms with Gasteiger partial charge in [-0.3, -0.25) is 0 Å². The Kier molecular flexibility index (Phi) is 3.94. The molecule has 0 heterocycles. The van der Waals surface area contributed by atoms with Gasteiger partial charge in [0, 0.05) is 6.54 Å². The minimum Gasteiger partial charge on any atom is -0.406 e. The van der Waals surface area contributed by atoms with Crippen molar-refractivity contribution in [1.29, 1.82) is 0 Å². The maximum absolute atomic E-state index is 13.4. The molecule has 2 aromatic rings. The topological polar surface area (TPSA) is 35.2 Å². The molecule has 0 aromatic heterocycles. The van der Waals surface area contributed by atoms with Crippen molar-refractivity contribution < 1.29 is 22.3 Å². The maximum Gasteiger partial charge on any atom is 0.573 e. The summed E-state index contributed by atoms with van der Waals surface area (Å²) in [5.41, 5.74) is 7.18. The van der Waals surface area contributed by atoms with Gasteiger partial charge in [-0.05, 0) is 47.0 Å². The van der Waals surface area contributed by atoms with Crippen LogP contribution in [0.1, 0.15) is 5.56 Å². The average molecular weight is 285 g/mol. The summed E-state index contributed by atoms with van der Waals surface area (Å²) in [5.74, 6) is -0.768. The van der Waals surface area contributed by atoms with Crippen LogP contribution in [0.2, 0.25) is 0 Å². The van der Waals surface area contributed by atoms with E-state index in [1.165, 1.54) is 36.4 Å². The fourth-order valence-electron chi connectivity index (χ4n) is 1.78. The van der Waals surface area contributed by atoms with Crippen LogP contribution in [0.4, 0.5) is 17.6 Å². The number of ether oxygens (including phenoxy) is 1. The largest absolute Gasteiger partial charge is 0.573 e. The molecule has 0 atom stereocenters. The molecule has 106 valence electrons. The van der Waals surface area contributed by atoms with Crippen molar-refractivity contribution in [2.75, 3.05) is 0 Å². The number of benzene rings is 2. The highest BCUT2D eigenvalue weighted by atomic mass is 19.4. The molecule has 0 bridgehead atoms. The van der Waals surface area contributed by atoms with Crippen LogP contribution in [0.15, 0.2) is 42.5 Å². The summed E-state index contributed by atoms with van der Waals surface area (Å²) >= 11 is 0. The Labute approximate surface area is 112 Å². The summed E-state index contributed by atoms with van der Waals surface area (Å²) in [5, 5.41) is 0. The zero-order valence-electron chi connectivity index (χ0n) is 10.2. The smallest absolute Gasteiger partial charge is 0.406 e. The van der Waals surface area contributed by atoms with Gasteiger partial charge in [-0.1, -0.05) is 12.1 Å². The van der Waals surface area contributed by atoms with E-state index in [-0.39, 0.29) is 12.3 Å². The van der Waals surface area contributed by atoms with E-state index in [9.17, 15) is 17.6 Å². The highest BCUT2D eigenvalue weighted by Gasteiger charge is 2.30. The van der Waals surface area contributed by atoms with Crippen molar-refractivity contribution in [3.8, 4) is 16.9 Å². The molecule has 0 saturated carbocycles. The van der Waals surface area contributed by atoms with Crippen LogP contribution >= 0.6 is 0 Å². The van der Waals surface area contributed by atoms with E-state index in [1.54, 1.807) is 6.07 Å². The molecule has 6 heteroatoms. The third-order valence-electron chi connectivity index (χ3n) is 2.61. The molecule has 0 spiro atoms. The van der Waals surface area contributed by atoms with Gasteiger partial charge in [0.2, 0.25) is 0 Å². The van der Waals surface area contributed by atoms with Crippen molar-refractivity contribution in [3.05, 3.63) is 53.8 Å². The van der Waals surface area contributed by atoms with E-state index >= 15 is 0 Å². The minimum atomic E-state index is -4.73. The lowest BCUT2D eigenvalue weighted by atomic mass is 10.0. The Morgan fingerprint density at radius 2 is 1.60 bits per heavy atom. The second kappa shape index (κ2) is 5.50. The van der Waals surface area contributed by atoms with Crippen LogP contribution in [0.5, 0.6) is 5.75 Å². The Bertz CT molecular complexity index is 593. The van der Waals surface area contributed by atoms with Crippen molar-refractivity contribution in [3.63, 3.8) is 0 Å². The molecule has 0 radical (unpaired) electrons. The van der Waals surface area contributed by atoms with E-state index in [4.69, 9.17) is 5.73 Å². The summed E-state index contributed by atoms with van der Waals surface area (Å²) in [4.78, 5) is 0. The molecule has 0 aliphatic carbocycles. The van der Waals surface area contributed by atoms with Crippen molar-refractivity contribution >= 4 is 0 Å². The molecule has 2 aromatic carbocycles. The minimum absolute atomic E-state index is 0.181. The molecule has 2 nitrogen and oxygen atoms in total. The van der Waals surface area contributed by atoms with Crippen LogP contribution in [-0.4, -0.2) is 6.36 Å². The molecule has 2 N–H and O–H groups in total. The zero-order chi connectivity index (χ0) is 14.8. The SMILES string of the molecule is NCc1cc(F)cc(-c2ccc(OC(F)(F)F)cc2)c1. The average Bonchev–Trinajstić information content (AvgIpc) is 2.37. The number of alkyl halides is 3. The number of rotatable bonds is 3. The molecule has 0 saturated heterocycles. The molecule has 0 fully saturated rings. The fraction of sp³-hybridized carbons (Fsp3) is 0.143. The Balaban J connectivity index is 2.28. The van der Waals surface area contributed by atoms with Crippen molar-refractivity contribution in [1.82, 2.24) is 0 Å². The highest BCUT2D eigenvalue weighted by Crippen LogP contribution is 2.27. The predicted molar refractivity (Wildman–Crippen MR) is 66.4 cm³/mol. The van der Waals surface area contributed by atoms with Gasteiger partial charge in [0.1, 0.15) is 11.6 Å². The normalized spacial score (nSPS) is 11.4. The first kappa shape index (κ1) is 14.3. The molecule has 20 heavy (non-hydrogen) atoms. The third-order valence-corrected chi connectivity index (χ3v) is 2.61. The first-order valence-electron chi connectivity index (χ1n) is 5.73. The lowest BCUT2D eigenvalue weighted by Gasteiger charge is -2.10. The highest BCUT2D eigenvalue weighted by molar-refractivity contribution is 5.65. The van der Waals surface area contributed by atoms with Crippen LogP contribution in [0.3, 0.4) is 0 Å². The van der Waals surface area contributed by atoms with Gasteiger partial charge in [0.25, 0.3) is 0 Å². The monoisotopic (exact) mass is 285 g/mol. The van der Waals surface area contributed by atoms with Gasteiger partial charge in [0.05, 0.1) is 0 Å². The van der Waals surface area contributed by atoms with Gasteiger partial charge in [-0.25, -0.2) is 4.39 Å². The lowest BCUT2D eigenvalue weighted by molar-refractivity contribution is -0.274. The van der Waals surface area contributed by atoms with E-state index in [2.05, 4.69) is 4.74 Å². The Morgan fingerprint density at radius 3 is 2.15 bits per heavy atom. The predicted octanol–water partition coefficient (Wildman–Crippen LogP) is 3.85. The second-order valence-electron chi connectivity index (χ2n) is 4.12. The summed E-state index contributed by atoms with van der Waals surface area (Å²) in [7, 11) is 0. The van der Waals surface area contributed by atoms with E-state index in [0.29, 0.717) is 16.7 Å². The second-order valence-corrected chi connectivity index (χ2v) is 4.12. The van der Waals surface area contributed by atoms with Crippen molar-refractivity contribution in [2.45, 2.75) is 12.9 Å². The first-order valence-corrected chi connectivity index (χ1v) is 5.73. The molecule has 0 unspecified atom stereocenters. The van der Waals surface area contributed by atoms with Gasteiger partial charge < -0.3 is 10.5 Å². The maximum atomic E-state index is 13.4.